The molecule has 176 valence electrons. The maximum atomic E-state index is 13.7. The van der Waals surface area contributed by atoms with Crippen LogP contribution >= 0.6 is 11.3 Å². The third kappa shape index (κ3) is 4.15. The first-order valence-electron chi connectivity index (χ1n) is 11.0. The van der Waals surface area contributed by atoms with Gasteiger partial charge in [0.2, 0.25) is 0 Å². The first-order chi connectivity index (χ1) is 17.0. The molecule has 2 aromatic carbocycles. The normalized spacial score (nSPS) is 17.3. The van der Waals surface area contributed by atoms with Crippen molar-refractivity contribution in [2.75, 3.05) is 11.5 Å². The molecule has 1 saturated heterocycles. The number of aliphatic hydroxyl groups is 1. The minimum absolute atomic E-state index is 0.0612. The quantitative estimate of drug-likeness (QED) is 0.226. The monoisotopic (exact) mass is 489 g/mol. The maximum Gasteiger partial charge on any atom is 0.301 e. The fraction of sp³-hybridized carbons (Fsp3) is 0.154. The van der Waals surface area contributed by atoms with Crippen LogP contribution in [-0.2, 0) is 9.59 Å². The van der Waals surface area contributed by atoms with Crippen LogP contribution in [0.2, 0.25) is 0 Å². The van der Waals surface area contributed by atoms with E-state index in [1.54, 1.807) is 48.8 Å². The summed E-state index contributed by atoms with van der Waals surface area (Å²) in [5.41, 5.74) is 1.39. The van der Waals surface area contributed by atoms with Crippen molar-refractivity contribution in [3.05, 3.63) is 89.5 Å². The molecule has 1 N–H and O–H groups in total. The van der Waals surface area contributed by atoms with Gasteiger partial charge in [0.1, 0.15) is 17.3 Å². The van der Waals surface area contributed by atoms with Crippen LogP contribution in [0.3, 0.4) is 0 Å². The second kappa shape index (κ2) is 9.27. The Morgan fingerprint density at radius 1 is 1.11 bits per heavy atom. The van der Waals surface area contributed by atoms with Gasteiger partial charge in [-0.15, -0.1) is 0 Å². The SMILES string of the molecule is CCCOc1ccc(/C(O)=C2\C(=O)C(=O)N(c3nc4ccc(F)cc4s3)C2c2ccncc2)cc1. The molecule has 3 heterocycles. The van der Waals surface area contributed by atoms with Crippen LogP contribution in [-0.4, -0.2) is 33.4 Å². The van der Waals surface area contributed by atoms with Gasteiger partial charge in [-0.05, 0) is 66.6 Å². The number of pyridine rings is 1. The lowest BCUT2D eigenvalue weighted by atomic mass is 9.96. The lowest BCUT2D eigenvalue weighted by molar-refractivity contribution is -0.132. The van der Waals surface area contributed by atoms with Crippen LogP contribution in [0.4, 0.5) is 9.52 Å². The summed E-state index contributed by atoms with van der Waals surface area (Å²) in [6, 6.07) is 13.2. The van der Waals surface area contributed by atoms with Gasteiger partial charge in [-0.25, -0.2) is 9.37 Å². The highest BCUT2D eigenvalue weighted by atomic mass is 32.1. The number of hydrogen-bond acceptors (Lipinski definition) is 7. The van der Waals surface area contributed by atoms with E-state index in [1.807, 2.05) is 6.92 Å². The Bertz CT molecular complexity index is 1450. The molecule has 1 amide bonds. The van der Waals surface area contributed by atoms with Crippen molar-refractivity contribution in [1.82, 2.24) is 9.97 Å². The molecule has 0 bridgehead atoms. The molecule has 35 heavy (non-hydrogen) atoms. The molecule has 4 aromatic rings. The molecular formula is C26H20FN3O4S. The van der Waals surface area contributed by atoms with Crippen LogP contribution < -0.4 is 9.64 Å². The molecular weight excluding hydrogens is 469 g/mol. The topological polar surface area (TPSA) is 92.6 Å². The lowest BCUT2D eigenvalue weighted by Crippen LogP contribution is -2.29. The number of hydrogen-bond donors (Lipinski definition) is 1. The van der Waals surface area contributed by atoms with Gasteiger partial charge in [0.05, 0.1) is 28.4 Å². The summed E-state index contributed by atoms with van der Waals surface area (Å²) in [5.74, 6) is -1.75. The van der Waals surface area contributed by atoms with Crippen molar-refractivity contribution in [2.45, 2.75) is 19.4 Å². The number of thiazole rings is 1. The average molecular weight is 490 g/mol. The van der Waals surface area contributed by atoms with Crippen molar-refractivity contribution < 1.29 is 23.8 Å². The fourth-order valence-corrected chi connectivity index (χ4v) is 4.98. The predicted molar refractivity (Wildman–Crippen MR) is 131 cm³/mol. The van der Waals surface area contributed by atoms with E-state index >= 15 is 0 Å². The Morgan fingerprint density at radius 3 is 2.57 bits per heavy atom. The maximum absolute atomic E-state index is 13.7. The first kappa shape index (κ1) is 22.7. The molecule has 1 aliphatic heterocycles. The van der Waals surface area contributed by atoms with Crippen LogP contribution in [0, 0.1) is 5.82 Å². The number of anilines is 1. The van der Waals surface area contributed by atoms with Crippen LogP contribution in [0.1, 0.15) is 30.5 Å². The Hall–Kier alpha value is -4.11. The number of carbonyl (C=O) groups excluding carboxylic acids is 2. The minimum atomic E-state index is -0.931. The van der Waals surface area contributed by atoms with E-state index in [9.17, 15) is 19.1 Å². The number of benzene rings is 2. The number of fused-ring (bicyclic) bond motifs is 1. The molecule has 0 radical (unpaired) electrons. The van der Waals surface area contributed by atoms with Crippen molar-refractivity contribution >= 4 is 44.1 Å². The highest BCUT2D eigenvalue weighted by Crippen LogP contribution is 2.44. The Kier molecular flexibility index (Phi) is 6.00. The van der Waals surface area contributed by atoms with E-state index in [1.165, 1.54) is 23.1 Å². The van der Waals surface area contributed by atoms with Gasteiger partial charge in [-0.1, -0.05) is 18.3 Å². The number of halogens is 1. The molecule has 9 heteroatoms. The average Bonchev–Trinajstić information content (AvgIpc) is 3.40. The molecule has 0 spiro atoms. The first-order valence-corrected chi connectivity index (χ1v) is 11.8. The summed E-state index contributed by atoms with van der Waals surface area (Å²) in [4.78, 5) is 36.2. The fourth-order valence-electron chi connectivity index (χ4n) is 3.96. The Morgan fingerprint density at radius 2 is 1.86 bits per heavy atom. The summed E-state index contributed by atoms with van der Waals surface area (Å²) < 4.78 is 19.9. The van der Waals surface area contributed by atoms with Gasteiger partial charge in [0.25, 0.3) is 5.78 Å². The second-order valence-electron chi connectivity index (χ2n) is 7.93. The number of aromatic nitrogens is 2. The third-order valence-corrected chi connectivity index (χ3v) is 6.63. The number of amides is 1. The third-order valence-electron chi connectivity index (χ3n) is 5.61. The lowest BCUT2D eigenvalue weighted by Gasteiger charge is -2.22. The van der Waals surface area contributed by atoms with E-state index in [2.05, 4.69) is 9.97 Å². The van der Waals surface area contributed by atoms with Crippen molar-refractivity contribution in [1.29, 1.82) is 0 Å². The summed E-state index contributed by atoms with van der Waals surface area (Å²) in [5, 5.41) is 11.4. The van der Waals surface area contributed by atoms with Gasteiger partial charge in [-0.2, -0.15) is 0 Å². The van der Waals surface area contributed by atoms with Crippen LogP contribution in [0.25, 0.3) is 16.0 Å². The molecule has 1 aliphatic rings. The number of rotatable bonds is 6. The van der Waals surface area contributed by atoms with Crippen molar-refractivity contribution in [2.24, 2.45) is 0 Å². The summed E-state index contributed by atoms with van der Waals surface area (Å²) in [6.45, 7) is 2.56. The number of nitrogens with zero attached hydrogens (tertiary/aromatic N) is 3. The Labute approximate surface area is 204 Å². The van der Waals surface area contributed by atoms with E-state index < -0.39 is 23.5 Å². The van der Waals surface area contributed by atoms with Gasteiger partial charge >= 0.3 is 5.91 Å². The Balaban J connectivity index is 1.64. The van der Waals surface area contributed by atoms with E-state index in [0.29, 0.717) is 33.7 Å². The van der Waals surface area contributed by atoms with Crippen molar-refractivity contribution in [3.63, 3.8) is 0 Å². The smallest absolute Gasteiger partial charge is 0.301 e. The predicted octanol–water partition coefficient (Wildman–Crippen LogP) is 5.25. The van der Waals surface area contributed by atoms with Crippen molar-refractivity contribution in [3.8, 4) is 5.75 Å². The highest BCUT2D eigenvalue weighted by molar-refractivity contribution is 7.22. The number of ketones is 1. The molecule has 1 atom stereocenters. The minimum Gasteiger partial charge on any atom is -0.507 e. The molecule has 5 rings (SSSR count). The van der Waals surface area contributed by atoms with Gasteiger partial charge < -0.3 is 9.84 Å². The van der Waals surface area contributed by atoms with E-state index in [-0.39, 0.29) is 16.5 Å². The zero-order valence-corrected chi connectivity index (χ0v) is 19.5. The van der Waals surface area contributed by atoms with Gasteiger partial charge in [0.15, 0.2) is 5.13 Å². The van der Waals surface area contributed by atoms with E-state index in [0.717, 1.165) is 17.8 Å². The summed E-state index contributed by atoms with van der Waals surface area (Å²) >= 11 is 1.10. The summed E-state index contributed by atoms with van der Waals surface area (Å²) in [7, 11) is 0. The van der Waals surface area contributed by atoms with Crippen LogP contribution in [0.5, 0.6) is 5.75 Å². The number of ether oxygens (including phenoxy) is 1. The molecule has 7 nitrogen and oxygen atoms in total. The molecule has 1 fully saturated rings. The largest absolute Gasteiger partial charge is 0.507 e. The molecule has 0 saturated carbocycles. The standard InChI is InChI=1S/C26H20FN3O4S/c1-2-13-34-18-6-3-16(4-7-18)23(31)21-22(15-9-11-28-12-10-15)30(25(33)24(21)32)26-29-19-8-5-17(27)14-20(19)35-26/h3-12,14,22,31H,2,13H2,1H3/b23-21+. The van der Waals surface area contributed by atoms with Gasteiger partial charge in [-0.3, -0.25) is 19.5 Å². The zero-order valence-electron chi connectivity index (χ0n) is 18.6. The highest BCUT2D eigenvalue weighted by Gasteiger charge is 2.48. The summed E-state index contributed by atoms with van der Waals surface area (Å²) in [6.07, 6.45) is 3.95. The number of aliphatic hydroxyl groups excluding tert-OH is 1. The van der Waals surface area contributed by atoms with Crippen LogP contribution in [0.15, 0.2) is 72.6 Å². The van der Waals surface area contributed by atoms with Gasteiger partial charge in [0, 0.05) is 18.0 Å². The number of Topliss-reactive ketones (excluding diaryl/α,β-unsaturated/α-hetero) is 1. The molecule has 2 aromatic heterocycles. The number of carbonyl (C=O) groups is 2. The zero-order chi connectivity index (χ0) is 24.5. The molecule has 0 aliphatic carbocycles. The second-order valence-corrected chi connectivity index (χ2v) is 8.94. The molecule has 1 unspecified atom stereocenters. The van der Waals surface area contributed by atoms with E-state index in [4.69, 9.17) is 4.74 Å².